The number of hydrogen-bond acceptors (Lipinski definition) is 3. The van der Waals surface area contributed by atoms with E-state index in [-0.39, 0.29) is 12.6 Å². The number of ether oxygens (including phenoxy) is 1. The topological polar surface area (TPSA) is 62.1 Å². The number of nitrogens with one attached hydrogen (secondary N) is 1. The number of carbonyl (C=O) groups excluding carboxylic acids is 1. The first-order valence-corrected chi connectivity index (χ1v) is 6.70. The first-order valence-electron chi connectivity index (χ1n) is 6.70. The fourth-order valence-electron chi connectivity index (χ4n) is 2.64. The number of nitriles is 1. The van der Waals surface area contributed by atoms with Crippen molar-refractivity contribution in [3.05, 3.63) is 23.8 Å². The summed E-state index contributed by atoms with van der Waals surface area (Å²) in [5.41, 5.74) is 2.04. The maximum atomic E-state index is 11.3. The monoisotopic (exact) mass is 254 g/mol. The Hall–Kier alpha value is -1.96. The zero-order valence-electron chi connectivity index (χ0n) is 10.7. The van der Waals surface area contributed by atoms with Crippen molar-refractivity contribution in [2.24, 2.45) is 5.92 Å². The highest BCUT2D eigenvalue weighted by Gasteiger charge is 2.33. The molecule has 0 radical (unpaired) electrons. The summed E-state index contributed by atoms with van der Waals surface area (Å²) in [6.07, 6.45) is 3.23. The van der Waals surface area contributed by atoms with Gasteiger partial charge in [-0.25, -0.2) is 5.26 Å². The molecule has 0 aliphatic carbocycles. The minimum atomic E-state index is 0.0816. The molecular weight excluding hydrogens is 239 g/mol. The second-order valence-electron chi connectivity index (χ2n) is 5.34. The Kier molecular flexibility index (Phi) is 3.16. The zero-order valence-corrected chi connectivity index (χ0v) is 10.7. The van der Waals surface area contributed by atoms with Crippen LogP contribution in [0.25, 0.3) is 0 Å². The maximum Gasteiger partial charge on any atom is 0.268 e. The molecule has 1 fully saturated rings. The Morgan fingerprint density at radius 3 is 3.05 bits per heavy atom. The average Bonchev–Trinajstić information content (AvgIpc) is 2.37. The van der Waals surface area contributed by atoms with Gasteiger partial charge in [0.25, 0.3) is 6.71 Å². The summed E-state index contributed by atoms with van der Waals surface area (Å²) in [4.78, 5) is 11.3. The molecule has 0 aromatic heterocycles. The van der Waals surface area contributed by atoms with Crippen molar-refractivity contribution < 1.29 is 9.53 Å². The molecule has 19 heavy (non-hydrogen) atoms. The van der Waals surface area contributed by atoms with E-state index in [2.05, 4.69) is 11.3 Å². The van der Waals surface area contributed by atoms with Crippen molar-refractivity contribution in [1.82, 2.24) is 0 Å². The van der Waals surface area contributed by atoms with Crippen LogP contribution in [0.3, 0.4) is 0 Å². The van der Waals surface area contributed by atoms with E-state index in [9.17, 15) is 4.79 Å². The van der Waals surface area contributed by atoms with Crippen molar-refractivity contribution in [1.29, 1.82) is 5.26 Å². The van der Waals surface area contributed by atoms with E-state index < -0.39 is 0 Å². The molecule has 4 nitrogen and oxygen atoms in total. The summed E-state index contributed by atoms with van der Waals surface area (Å²) in [5, 5.41) is 11.6. The summed E-state index contributed by atoms with van der Waals surface area (Å²) in [6.45, 7) is 0.913. The van der Waals surface area contributed by atoms with Gasteiger partial charge in [-0.3, -0.25) is 4.79 Å². The fourth-order valence-corrected chi connectivity index (χ4v) is 2.64. The number of fused-ring (bicyclic) bond motifs is 1. The molecule has 1 amide bonds. The van der Waals surface area contributed by atoms with Gasteiger partial charge in [-0.15, -0.1) is 0 Å². The Balaban J connectivity index is 1.58. The number of aryl methyl sites for hydroxylation is 1. The lowest BCUT2D eigenvalue weighted by Crippen LogP contribution is -2.33. The summed E-state index contributed by atoms with van der Waals surface area (Å²) in [5.74, 6) is 3.73. The molecule has 5 heteroatoms. The molecule has 96 valence electrons. The number of anilines is 1. The van der Waals surface area contributed by atoms with Gasteiger partial charge in [0.1, 0.15) is 5.75 Å². The van der Waals surface area contributed by atoms with E-state index in [0.717, 1.165) is 36.1 Å². The maximum absolute atomic E-state index is 11.3. The number of rotatable bonds is 3. The molecule has 0 spiro atoms. The smallest absolute Gasteiger partial charge is 0.268 e. The lowest BCUT2D eigenvalue weighted by Gasteiger charge is -2.28. The van der Waals surface area contributed by atoms with Crippen LogP contribution in [0.4, 0.5) is 5.69 Å². The first kappa shape index (κ1) is 12.1. The van der Waals surface area contributed by atoms with Crippen molar-refractivity contribution >= 4 is 18.3 Å². The largest absolute Gasteiger partial charge is 0.493 e. The van der Waals surface area contributed by atoms with E-state index in [1.807, 2.05) is 18.2 Å². The van der Waals surface area contributed by atoms with Crippen LogP contribution in [-0.4, -0.2) is 19.2 Å². The lowest BCUT2D eigenvalue weighted by atomic mass is 9.33. The molecule has 1 aromatic rings. The predicted octanol–water partition coefficient (Wildman–Crippen LogP) is 2.14. The molecule has 0 unspecified atom stereocenters. The van der Waals surface area contributed by atoms with Crippen LogP contribution >= 0.6 is 0 Å². The highest BCUT2D eigenvalue weighted by Crippen LogP contribution is 2.31. The van der Waals surface area contributed by atoms with Gasteiger partial charge in [0, 0.05) is 18.1 Å². The molecule has 0 saturated carbocycles. The Bertz CT molecular complexity index is 547. The van der Waals surface area contributed by atoms with E-state index in [1.165, 1.54) is 0 Å². The summed E-state index contributed by atoms with van der Waals surface area (Å²) in [6, 6.07) is 5.81. The lowest BCUT2D eigenvalue weighted by molar-refractivity contribution is -0.116. The molecule has 0 atom stereocenters. The van der Waals surface area contributed by atoms with Gasteiger partial charge in [-0.2, -0.15) is 0 Å². The van der Waals surface area contributed by atoms with Crippen LogP contribution in [0.2, 0.25) is 12.6 Å². The molecule has 1 aromatic carbocycles. The van der Waals surface area contributed by atoms with Crippen LogP contribution in [-0.2, 0) is 11.2 Å². The molecule has 1 N–H and O–H groups in total. The summed E-state index contributed by atoms with van der Waals surface area (Å²) < 4.78 is 5.77. The van der Waals surface area contributed by atoms with E-state index in [0.29, 0.717) is 18.9 Å². The van der Waals surface area contributed by atoms with Crippen LogP contribution in [0.5, 0.6) is 5.75 Å². The van der Waals surface area contributed by atoms with Gasteiger partial charge >= 0.3 is 0 Å². The third-order valence-electron chi connectivity index (χ3n) is 3.88. The first-order chi connectivity index (χ1) is 9.24. The number of amides is 1. The summed E-state index contributed by atoms with van der Waals surface area (Å²) in [7, 11) is 0. The van der Waals surface area contributed by atoms with Gasteiger partial charge in [0.15, 0.2) is 0 Å². The van der Waals surface area contributed by atoms with Crippen molar-refractivity contribution in [3.63, 3.8) is 0 Å². The predicted molar refractivity (Wildman–Crippen MR) is 73.4 cm³/mol. The molecule has 2 aliphatic rings. The van der Waals surface area contributed by atoms with Crippen LogP contribution in [0, 0.1) is 17.1 Å². The SMILES string of the molecule is N#CB1CC(COc2ccc3c(c2)CCC(=O)N3)C1. The number of nitrogens with zero attached hydrogens (tertiary/aromatic N) is 1. The highest BCUT2D eigenvalue weighted by atomic mass is 16.5. The van der Waals surface area contributed by atoms with E-state index in [1.54, 1.807) is 0 Å². The summed E-state index contributed by atoms with van der Waals surface area (Å²) >= 11 is 0. The Labute approximate surface area is 112 Å². The fraction of sp³-hybridized carbons (Fsp3) is 0.429. The standard InChI is InChI=1S/C14H15BN2O2/c16-9-15-6-10(7-15)8-19-12-2-3-13-11(5-12)1-4-14(18)17-13/h2-3,5,10H,1,4,6-8H2,(H,17,18). The molecule has 0 bridgehead atoms. The molecular formula is C14H15BN2O2. The van der Waals surface area contributed by atoms with Gasteiger partial charge in [-0.1, -0.05) is 12.6 Å². The van der Waals surface area contributed by atoms with Gasteiger partial charge in [0.05, 0.1) is 6.61 Å². The number of hydrogen-bond donors (Lipinski definition) is 1. The number of carbonyl (C=O) groups is 1. The van der Waals surface area contributed by atoms with Crippen molar-refractivity contribution in [2.75, 3.05) is 11.9 Å². The second-order valence-corrected chi connectivity index (χ2v) is 5.34. The van der Waals surface area contributed by atoms with Crippen molar-refractivity contribution in [2.45, 2.75) is 25.5 Å². The van der Waals surface area contributed by atoms with Crippen LogP contribution in [0.15, 0.2) is 18.2 Å². The molecule has 1 saturated heterocycles. The third-order valence-corrected chi connectivity index (χ3v) is 3.88. The second kappa shape index (κ2) is 4.97. The van der Waals surface area contributed by atoms with Crippen LogP contribution in [0.1, 0.15) is 12.0 Å². The van der Waals surface area contributed by atoms with E-state index >= 15 is 0 Å². The van der Waals surface area contributed by atoms with Crippen LogP contribution < -0.4 is 10.1 Å². The number of benzene rings is 1. The quantitative estimate of drug-likeness (QED) is 0.840. The minimum Gasteiger partial charge on any atom is -0.493 e. The van der Waals surface area contributed by atoms with Crippen molar-refractivity contribution in [3.8, 4) is 11.7 Å². The highest BCUT2D eigenvalue weighted by molar-refractivity contribution is 6.69. The molecule has 2 aliphatic heterocycles. The Morgan fingerprint density at radius 1 is 1.42 bits per heavy atom. The minimum absolute atomic E-state index is 0.0816. The van der Waals surface area contributed by atoms with Gasteiger partial charge in [-0.05, 0) is 36.1 Å². The zero-order chi connectivity index (χ0) is 13.2. The molecule has 2 heterocycles. The van der Waals surface area contributed by atoms with Gasteiger partial charge < -0.3 is 10.1 Å². The average molecular weight is 254 g/mol. The Morgan fingerprint density at radius 2 is 2.26 bits per heavy atom. The third kappa shape index (κ3) is 2.58. The molecule has 3 rings (SSSR count). The normalized spacial score (nSPS) is 18.1. The van der Waals surface area contributed by atoms with Gasteiger partial charge in [0.2, 0.25) is 5.91 Å². The van der Waals surface area contributed by atoms with E-state index in [4.69, 9.17) is 10.00 Å².